The first-order chi connectivity index (χ1) is 15.9. The first-order valence-electron chi connectivity index (χ1n) is 9.41. The van der Waals surface area contributed by atoms with E-state index in [-0.39, 0.29) is 30.8 Å². The third kappa shape index (κ3) is 7.27. The number of imidazole rings is 1. The van der Waals surface area contributed by atoms with Crippen molar-refractivity contribution in [3.63, 3.8) is 0 Å². The minimum absolute atomic E-state index is 0. The largest absolute Gasteiger partial charge is 0.453 e. The number of ether oxygens (including phenoxy) is 2. The molecule has 4 N–H and O–H groups in total. The van der Waals surface area contributed by atoms with E-state index in [4.69, 9.17) is 27.9 Å². The third-order valence-corrected chi connectivity index (χ3v) is 4.82. The molecule has 4 aromatic rings. The maximum absolute atomic E-state index is 12.2. The van der Waals surface area contributed by atoms with E-state index in [1.165, 1.54) is 13.3 Å². The molecule has 2 heterocycles. The van der Waals surface area contributed by atoms with Gasteiger partial charge in [-0.3, -0.25) is 5.32 Å². The number of methoxy groups -OCH3 is 1. The Morgan fingerprint density at radius 1 is 0.971 bits per heavy atom. The first-order valence-corrected chi connectivity index (χ1v) is 10.2. The number of nitrogens with one attached hydrogen (secondary N) is 4. The highest BCUT2D eigenvalue weighted by molar-refractivity contribution is 6.35. The summed E-state index contributed by atoms with van der Waals surface area (Å²) in [5, 5.41) is 8.53. The van der Waals surface area contributed by atoms with Gasteiger partial charge in [-0.05, 0) is 36.4 Å². The van der Waals surface area contributed by atoms with Crippen LogP contribution in [0.15, 0.2) is 54.7 Å². The zero-order valence-corrected chi connectivity index (χ0v) is 20.9. The normalized spacial score (nSPS) is 9.91. The molecule has 2 aromatic carbocycles. The Labute approximate surface area is 221 Å². The minimum atomic E-state index is -0.632. The van der Waals surface area contributed by atoms with Gasteiger partial charge in [0.25, 0.3) is 0 Å². The molecule has 4 rings (SSSR count). The van der Waals surface area contributed by atoms with Gasteiger partial charge >= 0.3 is 12.1 Å². The number of anilines is 3. The van der Waals surface area contributed by atoms with Gasteiger partial charge in [-0.25, -0.2) is 19.6 Å². The Morgan fingerprint density at radius 2 is 1.77 bits per heavy atom. The molecule has 2 aromatic heterocycles. The number of benzene rings is 2. The number of rotatable bonds is 5. The van der Waals surface area contributed by atoms with Gasteiger partial charge in [-0.1, -0.05) is 23.2 Å². The quantitative estimate of drug-likeness (QED) is 0.214. The molecular formula is C21H18Cl4N6O4. The number of fused-ring (bicyclic) bond motifs is 1. The lowest BCUT2D eigenvalue weighted by molar-refractivity contribution is 0.186. The van der Waals surface area contributed by atoms with Gasteiger partial charge in [0.15, 0.2) is 0 Å². The second-order valence-corrected chi connectivity index (χ2v) is 7.42. The van der Waals surface area contributed by atoms with Crippen LogP contribution in [0.1, 0.15) is 0 Å². The number of nitrogens with zero attached hydrogens (tertiary/aromatic N) is 2. The number of urea groups is 1. The molecule has 0 radical (unpaired) electrons. The highest BCUT2D eigenvalue weighted by atomic mass is 35.5. The van der Waals surface area contributed by atoms with E-state index in [1.54, 1.807) is 48.5 Å². The van der Waals surface area contributed by atoms with Crippen molar-refractivity contribution in [2.45, 2.75) is 0 Å². The molecule has 3 amide bonds. The van der Waals surface area contributed by atoms with Crippen molar-refractivity contribution in [1.82, 2.24) is 15.0 Å². The Bertz CT molecular complexity index is 1330. The van der Waals surface area contributed by atoms with Crippen molar-refractivity contribution in [3.05, 3.63) is 64.8 Å². The topological polar surface area (TPSA) is 130 Å². The Hall–Kier alpha value is -3.44. The van der Waals surface area contributed by atoms with Gasteiger partial charge in [0.1, 0.15) is 5.75 Å². The lowest BCUT2D eigenvalue weighted by Crippen LogP contribution is -2.19. The second-order valence-electron chi connectivity index (χ2n) is 6.57. The monoisotopic (exact) mass is 558 g/mol. The van der Waals surface area contributed by atoms with Gasteiger partial charge in [-0.2, -0.15) is 0 Å². The van der Waals surface area contributed by atoms with Crippen LogP contribution in [0.5, 0.6) is 11.6 Å². The molecule has 0 fully saturated rings. The maximum Gasteiger partial charge on any atom is 0.413 e. The first kappa shape index (κ1) is 27.8. The third-order valence-electron chi connectivity index (χ3n) is 4.25. The fraction of sp³-hybridized carbons (Fsp3) is 0.0476. The van der Waals surface area contributed by atoms with Crippen molar-refractivity contribution in [3.8, 4) is 11.6 Å². The van der Waals surface area contributed by atoms with Crippen LogP contribution in [0, 0.1) is 0 Å². The fourth-order valence-electron chi connectivity index (χ4n) is 2.77. The number of hydrogen-bond donors (Lipinski definition) is 4. The number of amides is 3. The lowest BCUT2D eigenvalue weighted by atomic mass is 10.3. The second kappa shape index (κ2) is 12.3. The van der Waals surface area contributed by atoms with Crippen LogP contribution < -0.4 is 20.7 Å². The SMILES string of the molecule is COC(=O)Nc1nc2cc(Oc3ccc(NC(=O)Nc4cc(Cl)ccc4Cl)cn3)ccc2[nH]1.Cl.Cl. The summed E-state index contributed by atoms with van der Waals surface area (Å²) in [6.07, 6.45) is 0.813. The van der Waals surface area contributed by atoms with Gasteiger partial charge in [0.2, 0.25) is 11.8 Å². The average molecular weight is 560 g/mol. The van der Waals surface area contributed by atoms with Crippen molar-refractivity contribution in [2.24, 2.45) is 0 Å². The van der Waals surface area contributed by atoms with E-state index in [2.05, 4.69) is 35.6 Å². The Morgan fingerprint density at radius 3 is 2.49 bits per heavy atom. The summed E-state index contributed by atoms with van der Waals surface area (Å²) in [6.45, 7) is 0. The standard InChI is InChI=1S/C21H16Cl2N6O4.2ClH/c1-32-21(31)29-19-26-15-6-4-13(9-17(15)27-19)33-18-7-3-12(10-24-18)25-20(30)28-16-8-11(22)2-5-14(16)23;;/h2-10H,1H3,(H2,25,28,30)(H2,26,27,29,31);2*1H. The van der Waals surface area contributed by atoms with Crippen LogP contribution in [0.3, 0.4) is 0 Å². The maximum atomic E-state index is 12.2. The smallest absolute Gasteiger partial charge is 0.413 e. The fourth-order valence-corrected chi connectivity index (χ4v) is 3.11. The van der Waals surface area contributed by atoms with E-state index in [1.807, 2.05) is 0 Å². The van der Waals surface area contributed by atoms with E-state index in [9.17, 15) is 9.59 Å². The van der Waals surface area contributed by atoms with Crippen LogP contribution >= 0.6 is 48.0 Å². The van der Waals surface area contributed by atoms with E-state index in [0.29, 0.717) is 44.1 Å². The van der Waals surface area contributed by atoms with Gasteiger partial charge in [-0.15, -0.1) is 24.8 Å². The van der Waals surface area contributed by atoms with Crippen LogP contribution in [0.2, 0.25) is 10.0 Å². The molecule has 0 atom stereocenters. The molecule has 14 heteroatoms. The summed E-state index contributed by atoms with van der Waals surface area (Å²) < 4.78 is 10.3. The highest BCUT2D eigenvalue weighted by Gasteiger charge is 2.10. The predicted molar refractivity (Wildman–Crippen MR) is 140 cm³/mol. The van der Waals surface area contributed by atoms with Crippen molar-refractivity contribution < 1.29 is 19.1 Å². The summed E-state index contributed by atoms with van der Waals surface area (Å²) in [6, 6.07) is 12.6. The molecule has 0 aliphatic heterocycles. The molecule has 0 aliphatic rings. The number of pyridine rings is 1. The summed E-state index contributed by atoms with van der Waals surface area (Å²) in [5.41, 5.74) is 2.10. The Balaban J connectivity index is 0.00000216. The van der Waals surface area contributed by atoms with Gasteiger partial charge in [0, 0.05) is 17.2 Å². The molecule has 10 nitrogen and oxygen atoms in total. The highest BCUT2D eigenvalue weighted by Crippen LogP contribution is 2.27. The molecular weight excluding hydrogens is 542 g/mol. The van der Waals surface area contributed by atoms with Crippen LogP contribution in [0.25, 0.3) is 11.0 Å². The molecule has 35 heavy (non-hydrogen) atoms. The van der Waals surface area contributed by atoms with Crippen molar-refractivity contribution in [2.75, 3.05) is 23.1 Å². The molecule has 0 saturated heterocycles. The van der Waals surface area contributed by atoms with Gasteiger partial charge in [0.05, 0.1) is 40.7 Å². The zero-order valence-electron chi connectivity index (χ0n) is 17.8. The molecule has 0 saturated carbocycles. The van der Waals surface area contributed by atoms with E-state index < -0.39 is 12.1 Å². The van der Waals surface area contributed by atoms with Crippen LogP contribution in [0.4, 0.5) is 26.9 Å². The summed E-state index contributed by atoms with van der Waals surface area (Å²) in [4.78, 5) is 34.9. The number of aromatic amines is 1. The van der Waals surface area contributed by atoms with Crippen molar-refractivity contribution in [1.29, 1.82) is 0 Å². The van der Waals surface area contributed by atoms with Crippen LogP contribution in [-0.4, -0.2) is 34.2 Å². The molecule has 0 aliphatic carbocycles. The zero-order chi connectivity index (χ0) is 23.4. The average Bonchev–Trinajstić information content (AvgIpc) is 3.19. The van der Waals surface area contributed by atoms with E-state index >= 15 is 0 Å². The molecule has 0 unspecified atom stereocenters. The Kier molecular flexibility index (Phi) is 9.78. The molecule has 0 bridgehead atoms. The number of hydrogen-bond acceptors (Lipinski definition) is 6. The lowest BCUT2D eigenvalue weighted by Gasteiger charge is -2.10. The summed E-state index contributed by atoms with van der Waals surface area (Å²) in [5.74, 6) is 1.04. The minimum Gasteiger partial charge on any atom is -0.453 e. The predicted octanol–water partition coefficient (Wildman–Crippen LogP) is 6.72. The summed E-state index contributed by atoms with van der Waals surface area (Å²) >= 11 is 12.0. The van der Waals surface area contributed by atoms with E-state index in [0.717, 1.165) is 0 Å². The molecule has 184 valence electrons. The number of carbonyl (C=O) groups excluding carboxylic acids is 2. The van der Waals surface area contributed by atoms with Crippen molar-refractivity contribution >= 4 is 88.5 Å². The van der Waals surface area contributed by atoms with Gasteiger partial charge < -0.3 is 25.1 Å². The molecule has 0 spiro atoms. The number of halogens is 4. The number of aromatic nitrogens is 3. The summed E-state index contributed by atoms with van der Waals surface area (Å²) in [7, 11) is 1.26. The van der Waals surface area contributed by atoms with Crippen LogP contribution in [-0.2, 0) is 4.74 Å². The number of H-pyrrole nitrogens is 1. The number of carbonyl (C=O) groups is 2.